The van der Waals surface area contributed by atoms with Crippen molar-refractivity contribution < 1.29 is 9.90 Å². The summed E-state index contributed by atoms with van der Waals surface area (Å²) < 4.78 is 0. The van der Waals surface area contributed by atoms with Crippen molar-refractivity contribution >= 4 is 33.4 Å². The molecule has 4 aromatic rings. The number of rotatable bonds is 6. The molecule has 5 rings (SSSR count). The third kappa shape index (κ3) is 4.66. The molecule has 0 unspecified atom stereocenters. The van der Waals surface area contributed by atoms with E-state index >= 15 is 0 Å². The molecule has 1 aliphatic carbocycles. The van der Waals surface area contributed by atoms with Crippen LogP contribution in [-0.2, 0) is 11.2 Å². The van der Waals surface area contributed by atoms with E-state index in [9.17, 15) is 9.90 Å². The predicted molar refractivity (Wildman–Crippen MR) is 121 cm³/mol. The van der Waals surface area contributed by atoms with Crippen LogP contribution in [0.15, 0.2) is 42.5 Å². The first kappa shape index (κ1) is 20.3. The van der Waals surface area contributed by atoms with Crippen molar-refractivity contribution in [2.24, 2.45) is 0 Å². The third-order valence-corrected chi connectivity index (χ3v) is 6.05. The summed E-state index contributed by atoms with van der Waals surface area (Å²) >= 11 is 1.27. The average Bonchev–Trinajstić information content (AvgIpc) is 3.43. The molecule has 9 heteroatoms. The van der Waals surface area contributed by atoms with Gasteiger partial charge in [-0.2, -0.15) is 0 Å². The Morgan fingerprint density at radius 2 is 2.03 bits per heavy atom. The zero-order chi connectivity index (χ0) is 21.9. The van der Waals surface area contributed by atoms with Crippen molar-refractivity contribution in [3.8, 4) is 11.8 Å². The number of nitrogens with zero attached hydrogens (tertiary/aromatic N) is 4. The number of benzene rings is 1. The van der Waals surface area contributed by atoms with Crippen molar-refractivity contribution in [2.75, 3.05) is 5.32 Å². The van der Waals surface area contributed by atoms with Gasteiger partial charge in [0.2, 0.25) is 5.13 Å². The number of carbonyl (C=O) groups is 1. The lowest BCUT2D eigenvalue weighted by atomic mass is 10.1. The Morgan fingerprint density at radius 3 is 2.84 bits per heavy atom. The van der Waals surface area contributed by atoms with Crippen LogP contribution < -0.4 is 5.32 Å². The normalized spacial score (nSPS) is 14.0. The fourth-order valence-electron chi connectivity index (χ4n) is 3.32. The Morgan fingerprint density at radius 1 is 1.19 bits per heavy atom. The monoisotopic (exact) mass is 444 g/mol. The van der Waals surface area contributed by atoms with E-state index in [1.54, 1.807) is 24.3 Å². The van der Waals surface area contributed by atoms with Crippen molar-refractivity contribution in [1.82, 2.24) is 25.4 Å². The summed E-state index contributed by atoms with van der Waals surface area (Å²) in [5.41, 5.74) is 3.20. The number of anilines is 1. The molecular weight excluding hydrogens is 424 g/mol. The molecule has 3 aromatic heterocycles. The Balaban J connectivity index is 1.15. The smallest absolute Gasteiger partial charge is 0.259 e. The van der Waals surface area contributed by atoms with Gasteiger partial charge in [0.1, 0.15) is 10.7 Å². The van der Waals surface area contributed by atoms with Crippen molar-refractivity contribution in [2.45, 2.75) is 37.7 Å². The SMILES string of the molecule is O=C(Nc1nnc(CCC#Cc2cc3cc(C4CC4)[nH]c3nn2)s1)[C@@H](O)c1ccccc1. The maximum Gasteiger partial charge on any atom is 0.259 e. The van der Waals surface area contributed by atoms with Gasteiger partial charge < -0.3 is 10.1 Å². The van der Waals surface area contributed by atoms with E-state index in [2.05, 4.69) is 48.6 Å². The number of H-pyrrole nitrogens is 1. The number of hydrogen-bond donors (Lipinski definition) is 3. The quantitative estimate of drug-likeness (QED) is 0.393. The van der Waals surface area contributed by atoms with E-state index in [1.165, 1.54) is 29.9 Å². The number of aliphatic hydroxyl groups is 1. The summed E-state index contributed by atoms with van der Waals surface area (Å²) in [5.74, 6) is 6.25. The summed E-state index contributed by atoms with van der Waals surface area (Å²) in [6, 6.07) is 12.8. The first-order chi connectivity index (χ1) is 15.7. The maximum atomic E-state index is 12.2. The van der Waals surface area contributed by atoms with Crippen LogP contribution in [-0.4, -0.2) is 36.4 Å². The summed E-state index contributed by atoms with van der Waals surface area (Å²) in [6.07, 6.45) is 2.39. The van der Waals surface area contributed by atoms with Crippen LogP contribution in [0.1, 0.15) is 53.2 Å². The number of aromatic nitrogens is 5. The molecule has 1 amide bonds. The molecule has 1 aliphatic rings. The van der Waals surface area contributed by atoms with Gasteiger partial charge in [0.05, 0.1) is 0 Å². The van der Waals surface area contributed by atoms with Gasteiger partial charge in [-0.25, -0.2) is 0 Å². The molecule has 3 N–H and O–H groups in total. The number of fused-ring (bicyclic) bond motifs is 1. The fraction of sp³-hybridized carbons (Fsp3) is 0.261. The molecule has 0 saturated heterocycles. The van der Waals surface area contributed by atoms with E-state index in [0.717, 1.165) is 16.0 Å². The molecule has 32 heavy (non-hydrogen) atoms. The van der Waals surface area contributed by atoms with E-state index < -0.39 is 12.0 Å². The first-order valence-corrected chi connectivity index (χ1v) is 11.2. The van der Waals surface area contributed by atoms with Gasteiger partial charge in [-0.3, -0.25) is 10.1 Å². The second-order valence-electron chi connectivity index (χ2n) is 7.64. The number of carbonyl (C=O) groups excluding carboxylic acids is 1. The summed E-state index contributed by atoms with van der Waals surface area (Å²) in [5, 5.41) is 31.4. The molecular formula is C23H20N6O2S. The van der Waals surface area contributed by atoms with Gasteiger partial charge in [-0.05, 0) is 42.4 Å². The molecule has 0 spiro atoms. The molecule has 0 radical (unpaired) electrons. The van der Waals surface area contributed by atoms with Gasteiger partial charge in [0.15, 0.2) is 11.8 Å². The fourth-order valence-corrected chi connectivity index (χ4v) is 4.06. The van der Waals surface area contributed by atoms with Crippen LogP contribution in [0.3, 0.4) is 0 Å². The van der Waals surface area contributed by atoms with Gasteiger partial charge in [-0.1, -0.05) is 47.6 Å². The molecule has 1 saturated carbocycles. The lowest BCUT2D eigenvalue weighted by Gasteiger charge is -2.09. The Labute approximate surface area is 188 Å². The van der Waals surface area contributed by atoms with Gasteiger partial charge in [0, 0.05) is 23.9 Å². The summed E-state index contributed by atoms with van der Waals surface area (Å²) in [4.78, 5) is 15.5. The second kappa shape index (κ2) is 8.86. The Hall–Kier alpha value is -3.61. The number of aliphatic hydroxyl groups excluding tert-OH is 1. The highest BCUT2D eigenvalue weighted by Gasteiger charge is 2.25. The molecule has 1 atom stereocenters. The zero-order valence-corrected chi connectivity index (χ0v) is 17.9. The first-order valence-electron chi connectivity index (χ1n) is 10.4. The van der Waals surface area contributed by atoms with E-state index in [0.29, 0.717) is 35.1 Å². The van der Waals surface area contributed by atoms with Crippen LogP contribution in [0.25, 0.3) is 11.0 Å². The van der Waals surface area contributed by atoms with Crippen molar-refractivity contribution in [3.63, 3.8) is 0 Å². The van der Waals surface area contributed by atoms with Crippen molar-refractivity contribution in [1.29, 1.82) is 0 Å². The maximum absolute atomic E-state index is 12.2. The highest BCUT2D eigenvalue weighted by atomic mass is 32.1. The van der Waals surface area contributed by atoms with Crippen molar-refractivity contribution in [3.05, 3.63) is 64.4 Å². The largest absolute Gasteiger partial charge is 0.378 e. The topological polar surface area (TPSA) is 117 Å². The van der Waals surface area contributed by atoms with E-state index in [-0.39, 0.29) is 0 Å². The second-order valence-corrected chi connectivity index (χ2v) is 8.70. The third-order valence-electron chi connectivity index (χ3n) is 5.16. The summed E-state index contributed by atoms with van der Waals surface area (Å²) in [6.45, 7) is 0. The average molecular weight is 445 g/mol. The molecule has 160 valence electrons. The van der Waals surface area contributed by atoms with Crippen LogP contribution >= 0.6 is 11.3 Å². The van der Waals surface area contributed by atoms with E-state index in [1.807, 2.05) is 12.1 Å². The molecule has 8 nitrogen and oxygen atoms in total. The number of aryl methyl sites for hydroxylation is 1. The van der Waals surface area contributed by atoms with Gasteiger partial charge in [0.25, 0.3) is 5.91 Å². The molecule has 1 aromatic carbocycles. The highest BCUT2D eigenvalue weighted by molar-refractivity contribution is 7.15. The number of aromatic amines is 1. The van der Waals surface area contributed by atoms with Crippen LogP contribution in [0.4, 0.5) is 5.13 Å². The number of amides is 1. The molecule has 0 aliphatic heterocycles. The lowest BCUT2D eigenvalue weighted by molar-refractivity contribution is -0.124. The van der Waals surface area contributed by atoms with Crippen LogP contribution in [0.2, 0.25) is 0 Å². The van der Waals surface area contributed by atoms with Crippen LogP contribution in [0, 0.1) is 11.8 Å². The molecule has 0 bridgehead atoms. The number of nitrogens with one attached hydrogen (secondary N) is 2. The molecule has 3 heterocycles. The number of hydrogen-bond acceptors (Lipinski definition) is 7. The minimum absolute atomic E-state index is 0.350. The minimum Gasteiger partial charge on any atom is -0.378 e. The van der Waals surface area contributed by atoms with Gasteiger partial charge in [-0.15, -0.1) is 20.4 Å². The highest BCUT2D eigenvalue weighted by Crippen LogP contribution is 2.40. The minimum atomic E-state index is -1.26. The van der Waals surface area contributed by atoms with E-state index in [4.69, 9.17) is 0 Å². The zero-order valence-electron chi connectivity index (χ0n) is 17.1. The summed E-state index contributed by atoms with van der Waals surface area (Å²) in [7, 11) is 0. The van der Waals surface area contributed by atoms with Crippen LogP contribution in [0.5, 0.6) is 0 Å². The van der Waals surface area contributed by atoms with Gasteiger partial charge >= 0.3 is 0 Å². The Kier molecular flexibility index (Phi) is 5.62. The standard InChI is InChI=1S/C23H20N6O2S/c30-20(15-6-2-1-3-7-15)22(31)25-23-29-27-19(32-23)9-5-4-8-17-12-16-13-18(14-10-11-14)24-21(16)28-26-17/h1-3,6-7,12-14,20,30H,5,9-11H2,(H,24,28)(H,25,29,31)/t20-/m0/s1. The Bertz CT molecular complexity index is 1320. The predicted octanol–water partition coefficient (Wildman–Crippen LogP) is 3.34. The lowest BCUT2D eigenvalue weighted by Crippen LogP contribution is -2.20. The molecule has 1 fully saturated rings.